The number of carboxylic acids is 2. The maximum atomic E-state index is 10.8. The monoisotopic (exact) mass is 226 g/mol. The molecule has 0 heterocycles. The van der Waals surface area contributed by atoms with Crippen molar-refractivity contribution in [2.75, 3.05) is 14.2 Å². The molecule has 0 unspecified atom stereocenters. The van der Waals surface area contributed by atoms with Gasteiger partial charge >= 0.3 is 11.9 Å². The standard InChI is InChI=1S/C10H10O6/c1-15-7-4-8(16-2)6(10(13)14)3-5(7)9(11)12/h3-4H,1-2H3,(H,11,12)(H,13,14). The minimum absolute atomic E-state index is 0.0503. The minimum Gasteiger partial charge on any atom is -0.496 e. The van der Waals surface area contributed by atoms with Gasteiger partial charge < -0.3 is 19.7 Å². The molecule has 1 aromatic rings. The molecule has 2 N–H and O–H groups in total. The number of carboxylic acid groups (broad SMARTS) is 2. The van der Waals surface area contributed by atoms with Crippen molar-refractivity contribution in [2.24, 2.45) is 0 Å². The van der Waals surface area contributed by atoms with Crippen LogP contribution >= 0.6 is 0 Å². The molecule has 0 aliphatic rings. The fraction of sp³-hybridized carbons (Fsp3) is 0.200. The molecule has 86 valence electrons. The average Bonchev–Trinajstić information content (AvgIpc) is 2.26. The third-order valence-corrected chi connectivity index (χ3v) is 1.98. The van der Waals surface area contributed by atoms with E-state index in [-0.39, 0.29) is 22.6 Å². The zero-order valence-corrected chi connectivity index (χ0v) is 8.68. The number of hydrogen-bond donors (Lipinski definition) is 2. The Morgan fingerprint density at radius 3 is 1.56 bits per heavy atom. The van der Waals surface area contributed by atoms with Crippen LogP contribution in [0.1, 0.15) is 20.7 Å². The van der Waals surface area contributed by atoms with E-state index in [1.165, 1.54) is 20.3 Å². The van der Waals surface area contributed by atoms with Crippen LogP contribution < -0.4 is 9.47 Å². The van der Waals surface area contributed by atoms with Gasteiger partial charge in [0.05, 0.1) is 14.2 Å². The number of methoxy groups -OCH3 is 2. The average molecular weight is 226 g/mol. The molecule has 0 fully saturated rings. The van der Waals surface area contributed by atoms with Crippen LogP contribution in [0.25, 0.3) is 0 Å². The number of aromatic carboxylic acids is 2. The summed E-state index contributed by atoms with van der Waals surface area (Å²) in [5.41, 5.74) is -0.443. The summed E-state index contributed by atoms with van der Waals surface area (Å²) in [7, 11) is 2.59. The van der Waals surface area contributed by atoms with Crippen LogP contribution in [0.5, 0.6) is 11.5 Å². The highest BCUT2D eigenvalue weighted by Crippen LogP contribution is 2.29. The van der Waals surface area contributed by atoms with E-state index in [2.05, 4.69) is 0 Å². The van der Waals surface area contributed by atoms with Gasteiger partial charge in [0.2, 0.25) is 0 Å². The first-order valence-electron chi connectivity index (χ1n) is 4.23. The highest BCUT2D eigenvalue weighted by Gasteiger charge is 2.19. The SMILES string of the molecule is COc1cc(OC)c(C(=O)O)cc1C(=O)O. The van der Waals surface area contributed by atoms with E-state index < -0.39 is 11.9 Å². The second kappa shape index (κ2) is 4.52. The molecule has 0 saturated carbocycles. The fourth-order valence-corrected chi connectivity index (χ4v) is 1.23. The first kappa shape index (κ1) is 11.8. The van der Waals surface area contributed by atoms with E-state index in [0.29, 0.717) is 0 Å². The first-order chi connectivity index (χ1) is 7.51. The molecule has 6 heteroatoms. The Hall–Kier alpha value is -2.24. The van der Waals surface area contributed by atoms with Crippen LogP contribution in [0, 0.1) is 0 Å². The Kier molecular flexibility index (Phi) is 3.34. The van der Waals surface area contributed by atoms with Gasteiger partial charge in [-0.3, -0.25) is 0 Å². The lowest BCUT2D eigenvalue weighted by Gasteiger charge is -2.10. The van der Waals surface area contributed by atoms with Crippen molar-refractivity contribution in [3.8, 4) is 11.5 Å². The second-order valence-electron chi connectivity index (χ2n) is 2.86. The highest BCUT2D eigenvalue weighted by atomic mass is 16.5. The summed E-state index contributed by atoms with van der Waals surface area (Å²) < 4.78 is 9.66. The van der Waals surface area contributed by atoms with Gasteiger partial charge in [-0.1, -0.05) is 0 Å². The maximum Gasteiger partial charge on any atom is 0.339 e. The highest BCUT2D eigenvalue weighted by molar-refractivity contribution is 5.98. The van der Waals surface area contributed by atoms with Crippen LogP contribution in [0.4, 0.5) is 0 Å². The van der Waals surface area contributed by atoms with E-state index in [4.69, 9.17) is 19.7 Å². The molecular formula is C10H10O6. The van der Waals surface area contributed by atoms with Gasteiger partial charge in [0.1, 0.15) is 22.6 Å². The Bertz CT molecular complexity index is 400. The Balaban J connectivity index is 3.46. The summed E-state index contributed by atoms with van der Waals surface area (Å²) in [6, 6.07) is 2.23. The minimum atomic E-state index is -1.26. The van der Waals surface area contributed by atoms with E-state index in [1.807, 2.05) is 0 Å². The lowest BCUT2D eigenvalue weighted by atomic mass is 10.1. The largest absolute Gasteiger partial charge is 0.496 e. The predicted molar refractivity (Wildman–Crippen MR) is 53.5 cm³/mol. The molecule has 0 aromatic heterocycles. The van der Waals surface area contributed by atoms with Crippen LogP contribution in [-0.2, 0) is 0 Å². The molecule has 1 rings (SSSR count). The molecule has 0 aliphatic heterocycles. The third kappa shape index (κ3) is 2.05. The lowest BCUT2D eigenvalue weighted by molar-refractivity contribution is 0.0693. The zero-order chi connectivity index (χ0) is 12.3. The van der Waals surface area contributed by atoms with Gasteiger partial charge in [-0.15, -0.1) is 0 Å². The topological polar surface area (TPSA) is 93.1 Å². The number of ether oxygens (including phenoxy) is 2. The van der Waals surface area contributed by atoms with Crippen molar-refractivity contribution >= 4 is 11.9 Å². The number of carbonyl (C=O) groups is 2. The molecule has 0 atom stereocenters. The Labute approximate surface area is 91.0 Å². The summed E-state index contributed by atoms with van der Waals surface area (Å²) in [5, 5.41) is 17.7. The van der Waals surface area contributed by atoms with Crippen molar-refractivity contribution in [3.05, 3.63) is 23.3 Å². The summed E-state index contributed by atoms with van der Waals surface area (Å²) >= 11 is 0. The van der Waals surface area contributed by atoms with Crippen molar-refractivity contribution < 1.29 is 29.3 Å². The van der Waals surface area contributed by atoms with E-state index in [9.17, 15) is 9.59 Å². The third-order valence-electron chi connectivity index (χ3n) is 1.98. The van der Waals surface area contributed by atoms with Crippen molar-refractivity contribution in [3.63, 3.8) is 0 Å². The molecule has 0 saturated heterocycles. The summed E-state index contributed by atoms with van der Waals surface area (Å²) in [4.78, 5) is 21.7. The van der Waals surface area contributed by atoms with Crippen LogP contribution in [-0.4, -0.2) is 36.4 Å². The van der Waals surface area contributed by atoms with Crippen LogP contribution in [0.3, 0.4) is 0 Å². The molecule has 16 heavy (non-hydrogen) atoms. The molecule has 0 aliphatic carbocycles. The lowest BCUT2D eigenvalue weighted by Crippen LogP contribution is -2.07. The number of benzene rings is 1. The van der Waals surface area contributed by atoms with Crippen molar-refractivity contribution in [1.29, 1.82) is 0 Å². The normalized spacial score (nSPS) is 9.62. The molecule has 6 nitrogen and oxygen atoms in total. The Morgan fingerprint density at radius 1 is 0.938 bits per heavy atom. The Morgan fingerprint density at radius 2 is 1.31 bits per heavy atom. The zero-order valence-electron chi connectivity index (χ0n) is 8.68. The van der Waals surface area contributed by atoms with Crippen LogP contribution in [0.15, 0.2) is 12.1 Å². The van der Waals surface area contributed by atoms with Gasteiger partial charge in [-0.05, 0) is 6.07 Å². The van der Waals surface area contributed by atoms with Crippen molar-refractivity contribution in [2.45, 2.75) is 0 Å². The molecule has 0 amide bonds. The summed E-state index contributed by atoms with van der Waals surface area (Å²) in [6.45, 7) is 0. The molecular weight excluding hydrogens is 216 g/mol. The van der Waals surface area contributed by atoms with Crippen molar-refractivity contribution in [1.82, 2.24) is 0 Å². The van der Waals surface area contributed by atoms with E-state index in [0.717, 1.165) is 6.07 Å². The second-order valence-corrected chi connectivity index (χ2v) is 2.86. The smallest absolute Gasteiger partial charge is 0.339 e. The number of rotatable bonds is 4. The summed E-state index contributed by atoms with van der Waals surface area (Å²) in [5.74, 6) is -2.42. The van der Waals surface area contributed by atoms with E-state index >= 15 is 0 Å². The first-order valence-corrected chi connectivity index (χ1v) is 4.23. The predicted octanol–water partition coefficient (Wildman–Crippen LogP) is 1.10. The van der Waals surface area contributed by atoms with Gasteiger partial charge in [-0.2, -0.15) is 0 Å². The fourth-order valence-electron chi connectivity index (χ4n) is 1.23. The molecule has 0 bridgehead atoms. The van der Waals surface area contributed by atoms with E-state index in [1.54, 1.807) is 0 Å². The summed E-state index contributed by atoms with van der Waals surface area (Å²) in [6.07, 6.45) is 0. The number of hydrogen-bond acceptors (Lipinski definition) is 4. The quantitative estimate of drug-likeness (QED) is 0.798. The van der Waals surface area contributed by atoms with Gasteiger partial charge in [-0.25, -0.2) is 9.59 Å². The molecule has 0 radical (unpaired) electrons. The molecule has 0 spiro atoms. The molecule has 1 aromatic carbocycles. The maximum absolute atomic E-state index is 10.8. The van der Waals surface area contributed by atoms with Crippen LogP contribution in [0.2, 0.25) is 0 Å². The van der Waals surface area contributed by atoms with Gasteiger partial charge in [0.15, 0.2) is 0 Å². The van der Waals surface area contributed by atoms with Gasteiger partial charge in [0.25, 0.3) is 0 Å². The van der Waals surface area contributed by atoms with Gasteiger partial charge in [0, 0.05) is 6.07 Å².